The van der Waals surface area contributed by atoms with Crippen LogP contribution in [0.1, 0.15) is 59.8 Å². The minimum atomic E-state index is 0.826. The van der Waals surface area contributed by atoms with E-state index in [1.165, 1.54) is 42.4 Å². The molecule has 0 aromatic rings. The molecule has 1 atom stereocenters. The zero-order chi connectivity index (χ0) is 13.4. The zero-order valence-electron chi connectivity index (χ0n) is 12.5. The quantitative estimate of drug-likeness (QED) is 0.372. The molecule has 0 amide bonds. The van der Waals surface area contributed by atoms with Crippen LogP contribution in [0.5, 0.6) is 0 Å². The first-order valence-electron chi connectivity index (χ1n) is 7.25. The first-order valence-corrected chi connectivity index (χ1v) is 7.25. The molecule has 1 aliphatic rings. The van der Waals surface area contributed by atoms with Crippen LogP contribution in [-0.4, -0.2) is 0 Å². The van der Waals surface area contributed by atoms with E-state index in [9.17, 15) is 0 Å². The molecular weight excluding hydrogens is 216 g/mol. The van der Waals surface area contributed by atoms with E-state index >= 15 is 0 Å². The van der Waals surface area contributed by atoms with Gasteiger partial charge in [-0.15, -0.1) is 0 Å². The normalized spacial score (nSPS) is 16.2. The van der Waals surface area contributed by atoms with Gasteiger partial charge in [0.15, 0.2) is 0 Å². The molecule has 1 aliphatic carbocycles. The third kappa shape index (κ3) is 6.83. The summed E-state index contributed by atoms with van der Waals surface area (Å²) in [4.78, 5) is 0. The highest BCUT2D eigenvalue weighted by Gasteiger charge is 2.05. The van der Waals surface area contributed by atoms with Gasteiger partial charge in [-0.2, -0.15) is 0 Å². The summed E-state index contributed by atoms with van der Waals surface area (Å²) < 4.78 is 0. The average molecular weight is 244 g/mol. The zero-order valence-corrected chi connectivity index (χ0v) is 12.5. The smallest absolute Gasteiger partial charge is 0.00835 e. The van der Waals surface area contributed by atoms with Crippen molar-refractivity contribution >= 4 is 0 Å². The Labute approximate surface area is 114 Å². The Morgan fingerprint density at radius 3 is 2.72 bits per heavy atom. The Balaban J connectivity index is 2.03. The Kier molecular flexibility index (Phi) is 7.08. The molecule has 0 aromatic heterocycles. The largest absolute Gasteiger partial charge is 0.0859 e. The molecule has 0 fully saturated rings. The minimum absolute atomic E-state index is 0.826. The second-order valence-electron chi connectivity index (χ2n) is 5.84. The van der Waals surface area contributed by atoms with Gasteiger partial charge in [-0.1, -0.05) is 48.3 Å². The van der Waals surface area contributed by atoms with Crippen molar-refractivity contribution in [2.24, 2.45) is 5.92 Å². The third-order valence-electron chi connectivity index (χ3n) is 3.38. The maximum atomic E-state index is 2.44. The third-order valence-corrected chi connectivity index (χ3v) is 3.38. The highest BCUT2D eigenvalue weighted by Crippen LogP contribution is 2.22. The fourth-order valence-electron chi connectivity index (χ4n) is 2.26. The number of unbranched alkanes of at least 4 members (excludes halogenated alkanes) is 1. The van der Waals surface area contributed by atoms with Crippen LogP contribution in [0.25, 0.3) is 0 Å². The lowest BCUT2D eigenvalue weighted by molar-refractivity contribution is 0.502. The highest BCUT2D eigenvalue weighted by molar-refractivity contribution is 5.40. The van der Waals surface area contributed by atoms with Crippen molar-refractivity contribution in [3.05, 3.63) is 47.8 Å². The summed E-state index contributed by atoms with van der Waals surface area (Å²) in [7, 11) is 0. The summed E-state index contributed by atoms with van der Waals surface area (Å²) in [5.74, 6) is 0.826. The number of hydrogen-bond acceptors (Lipinski definition) is 0. The molecule has 0 saturated carbocycles. The minimum Gasteiger partial charge on any atom is -0.0859 e. The average Bonchev–Trinajstić information content (AvgIpc) is 2.70. The van der Waals surface area contributed by atoms with Crippen LogP contribution in [-0.2, 0) is 0 Å². The lowest BCUT2D eigenvalue weighted by Crippen LogP contribution is -1.95. The van der Waals surface area contributed by atoms with Crippen LogP contribution in [0.3, 0.4) is 0 Å². The van der Waals surface area contributed by atoms with Gasteiger partial charge in [-0.25, -0.2) is 0 Å². The van der Waals surface area contributed by atoms with Crippen LogP contribution in [0.4, 0.5) is 0 Å². The van der Waals surface area contributed by atoms with Crippen molar-refractivity contribution < 1.29 is 0 Å². The van der Waals surface area contributed by atoms with Gasteiger partial charge in [-0.05, 0) is 58.8 Å². The van der Waals surface area contributed by atoms with Crippen LogP contribution in [0, 0.1) is 18.8 Å². The van der Waals surface area contributed by atoms with Gasteiger partial charge >= 0.3 is 0 Å². The van der Waals surface area contributed by atoms with Crippen LogP contribution < -0.4 is 0 Å². The molecule has 1 rings (SSSR count). The molecule has 0 spiro atoms. The number of allylic oxidation sites excluding steroid dienone is 6. The molecule has 2 radical (unpaired) electrons. The molecule has 100 valence electrons. The van der Waals surface area contributed by atoms with E-state index in [0.29, 0.717) is 0 Å². The molecular formula is C18H28. The summed E-state index contributed by atoms with van der Waals surface area (Å²) in [5, 5.41) is 0. The van der Waals surface area contributed by atoms with E-state index in [2.05, 4.69) is 58.8 Å². The van der Waals surface area contributed by atoms with Gasteiger partial charge in [0.25, 0.3) is 0 Å². The van der Waals surface area contributed by atoms with Crippen molar-refractivity contribution in [1.29, 1.82) is 0 Å². The van der Waals surface area contributed by atoms with Gasteiger partial charge < -0.3 is 0 Å². The summed E-state index contributed by atoms with van der Waals surface area (Å²) in [6.45, 7) is 8.89. The fraction of sp³-hybridized carbons (Fsp3) is 0.556. The van der Waals surface area contributed by atoms with Gasteiger partial charge in [0.2, 0.25) is 0 Å². The molecule has 0 nitrogen and oxygen atoms in total. The monoisotopic (exact) mass is 244 g/mol. The van der Waals surface area contributed by atoms with Crippen molar-refractivity contribution in [1.82, 2.24) is 0 Å². The Morgan fingerprint density at radius 1 is 1.33 bits per heavy atom. The van der Waals surface area contributed by atoms with E-state index in [4.69, 9.17) is 0 Å². The van der Waals surface area contributed by atoms with Gasteiger partial charge in [0.05, 0.1) is 0 Å². The number of hydrogen-bond donors (Lipinski definition) is 0. The van der Waals surface area contributed by atoms with E-state index < -0.39 is 0 Å². The van der Waals surface area contributed by atoms with Crippen molar-refractivity contribution in [3.8, 4) is 0 Å². The molecule has 0 bridgehead atoms. The van der Waals surface area contributed by atoms with Crippen molar-refractivity contribution in [2.75, 3.05) is 0 Å². The van der Waals surface area contributed by atoms with Crippen molar-refractivity contribution in [2.45, 2.75) is 59.8 Å². The molecule has 0 aromatic carbocycles. The summed E-state index contributed by atoms with van der Waals surface area (Å²) >= 11 is 0. The Bertz CT molecular complexity index is 324. The molecule has 18 heavy (non-hydrogen) atoms. The highest BCUT2D eigenvalue weighted by atomic mass is 14.1. The Hall–Kier alpha value is -0.780. The van der Waals surface area contributed by atoms with E-state index in [0.717, 1.165) is 12.3 Å². The lowest BCUT2D eigenvalue weighted by Gasteiger charge is -2.10. The molecule has 0 N–H and O–H groups in total. The van der Waals surface area contributed by atoms with E-state index in [1.54, 1.807) is 0 Å². The second-order valence-corrected chi connectivity index (χ2v) is 5.84. The summed E-state index contributed by atoms with van der Waals surface area (Å²) in [6, 6.07) is 0. The van der Waals surface area contributed by atoms with Gasteiger partial charge in [0.1, 0.15) is 0 Å². The van der Waals surface area contributed by atoms with Gasteiger partial charge in [-0.3, -0.25) is 0 Å². The van der Waals surface area contributed by atoms with Crippen LogP contribution in [0.2, 0.25) is 0 Å². The molecule has 0 aliphatic heterocycles. The Morgan fingerprint density at radius 2 is 2.11 bits per heavy atom. The molecule has 0 heteroatoms. The van der Waals surface area contributed by atoms with Crippen molar-refractivity contribution in [3.63, 3.8) is 0 Å². The molecule has 1 unspecified atom stereocenters. The molecule has 0 saturated heterocycles. The standard InChI is InChI=1S/C18H28/c1-15(2)8-5-6-9-16(3)10-7-11-18-13-12-17(4)14-18/h7-8,12-14,16H,5-6,9-11H2,1-4H3. The van der Waals surface area contributed by atoms with E-state index in [-0.39, 0.29) is 0 Å². The fourth-order valence-corrected chi connectivity index (χ4v) is 2.26. The topological polar surface area (TPSA) is 0 Å². The van der Waals surface area contributed by atoms with Crippen LogP contribution >= 0.6 is 0 Å². The maximum Gasteiger partial charge on any atom is 0.00835 e. The SMILES string of the molecule is CC(C)=CCCCC(C)C[CH]CC1=C[CH]C(C)=C1. The first kappa shape index (κ1) is 15.3. The predicted molar refractivity (Wildman–Crippen MR) is 82.1 cm³/mol. The summed E-state index contributed by atoms with van der Waals surface area (Å²) in [6.07, 6.45) is 17.8. The predicted octanol–water partition coefficient (Wildman–Crippen LogP) is 5.83. The van der Waals surface area contributed by atoms with Crippen LogP contribution in [0.15, 0.2) is 34.9 Å². The van der Waals surface area contributed by atoms with Gasteiger partial charge in [0, 0.05) is 6.42 Å². The maximum absolute atomic E-state index is 2.44. The first-order chi connectivity index (χ1) is 8.58. The lowest BCUT2D eigenvalue weighted by atomic mass is 9.96. The number of rotatable bonds is 8. The summed E-state index contributed by atoms with van der Waals surface area (Å²) in [5.41, 5.74) is 4.29. The molecule has 0 heterocycles. The second kappa shape index (κ2) is 8.34. The van der Waals surface area contributed by atoms with E-state index in [1.807, 2.05) is 0 Å².